The molecule has 6 heteroatoms. The molecule has 3 rings (SSSR count). The van der Waals surface area contributed by atoms with Crippen LogP contribution in [0.3, 0.4) is 0 Å². The van der Waals surface area contributed by atoms with Gasteiger partial charge in [-0.2, -0.15) is 5.26 Å². The highest BCUT2D eigenvalue weighted by molar-refractivity contribution is 6.31. The van der Waals surface area contributed by atoms with E-state index in [4.69, 9.17) is 11.6 Å². The lowest BCUT2D eigenvalue weighted by Crippen LogP contribution is -2.44. The van der Waals surface area contributed by atoms with Crippen LogP contribution in [0.5, 0.6) is 0 Å². The van der Waals surface area contributed by atoms with E-state index in [0.29, 0.717) is 10.7 Å². The maximum atomic E-state index is 12.4. The molecule has 0 aliphatic carbocycles. The predicted octanol–water partition coefficient (Wildman–Crippen LogP) is 3.82. The Hall–Kier alpha value is -2.97. The van der Waals surface area contributed by atoms with Crippen molar-refractivity contribution in [3.63, 3.8) is 0 Å². The molecular weight excluding hydrogens is 360 g/mol. The van der Waals surface area contributed by atoms with E-state index < -0.39 is 5.91 Å². The summed E-state index contributed by atoms with van der Waals surface area (Å²) in [4.78, 5) is 16.7. The summed E-state index contributed by atoms with van der Waals surface area (Å²) in [6, 6.07) is 17.5. The number of hydrogen-bond acceptors (Lipinski definition) is 4. The van der Waals surface area contributed by atoms with Gasteiger partial charge in [-0.05, 0) is 36.8 Å². The Balaban J connectivity index is 1.62. The normalized spacial score (nSPS) is 14.6. The highest BCUT2D eigenvalue weighted by atomic mass is 35.5. The molecule has 1 fully saturated rings. The molecule has 27 heavy (non-hydrogen) atoms. The molecule has 2 aromatic carbocycles. The van der Waals surface area contributed by atoms with Crippen LogP contribution < -0.4 is 10.2 Å². The lowest BCUT2D eigenvalue weighted by Gasteiger charge is -2.35. The van der Waals surface area contributed by atoms with Crippen molar-refractivity contribution in [1.29, 1.82) is 5.26 Å². The maximum absolute atomic E-state index is 12.4. The molecule has 0 saturated carbocycles. The SMILES string of the molecule is Cc1ccc(NC(=O)/C(C#N)=C\N2CCN(c3ccccc3)CC2)cc1Cl. The number of benzene rings is 2. The number of halogens is 1. The fourth-order valence-corrected chi connectivity index (χ4v) is 3.12. The average Bonchev–Trinajstić information content (AvgIpc) is 2.70. The Morgan fingerprint density at radius 2 is 1.85 bits per heavy atom. The fraction of sp³-hybridized carbons (Fsp3) is 0.238. The van der Waals surface area contributed by atoms with E-state index in [1.54, 1.807) is 18.3 Å². The summed E-state index contributed by atoms with van der Waals surface area (Å²) < 4.78 is 0. The first-order valence-corrected chi connectivity index (χ1v) is 9.18. The zero-order valence-electron chi connectivity index (χ0n) is 15.2. The topological polar surface area (TPSA) is 59.4 Å². The summed E-state index contributed by atoms with van der Waals surface area (Å²) in [6.07, 6.45) is 1.65. The van der Waals surface area contributed by atoms with Crippen LogP contribution >= 0.6 is 11.6 Å². The first kappa shape index (κ1) is 18.8. The van der Waals surface area contributed by atoms with E-state index in [2.05, 4.69) is 22.3 Å². The van der Waals surface area contributed by atoms with Crippen molar-refractivity contribution in [2.45, 2.75) is 6.92 Å². The smallest absolute Gasteiger partial charge is 0.267 e. The number of piperazine rings is 1. The second-order valence-electron chi connectivity index (χ2n) is 6.43. The number of aryl methyl sites for hydroxylation is 1. The number of rotatable bonds is 4. The Morgan fingerprint density at radius 1 is 1.15 bits per heavy atom. The van der Waals surface area contributed by atoms with Crippen LogP contribution in [0.4, 0.5) is 11.4 Å². The van der Waals surface area contributed by atoms with Crippen LogP contribution in [0.15, 0.2) is 60.3 Å². The van der Waals surface area contributed by atoms with Gasteiger partial charge in [-0.3, -0.25) is 4.79 Å². The number of carbonyl (C=O) groups is 1. The first-order valence-electron chi connectivity index (χ1n) is 8.80. The number of para-hydroxylation sites is 1. The van der Waals surface area contributed by atoms with Gasteiger partial charge in [0.15, 0.2) is 0 Å². The van der Waals surface area contributed by atoms with Gasteiger partial charge in [0, 0.05) is 48.8 Å². The molecule has 1 amide bonds. The van der Waals surface area contributed by atoms with E-state index in [1.165, 1.54) is 5.69 Å². The minimum Gasteiger partial charge on any atom is -0.373 e. The second-order valence-corrected chi connectivity index (χ2v) is 6.84. The number of nitrogens with zero attached hydrogens (tertiary/aromatic N) is 3. The van der Waals surface area contributed by atoms with Crippen molar-refractivity contribution >= 4 is 28.9 Å². The standard InChI is InChI=1S/C21H21ClN4O/c1-16-7-8-18(13-20(16)22)24-21(27)17(14-23)15-25-9-11-26(12-10-25)19-5-3-2-4-6-19/h2-8,13,15H,9-12H2,1H3,(H,24,27)/b17-15-. The van der Waals surface area contributed by atoms with Gasteiger partial charge in [-0.25, -0.2) is 0 Å². The molecule has 0 aromatic heterocycles. The molecule has 0 atom stereocenters. The van der Waals surface area contributed by atoms with E-state index >= 15 is 0 Å². The number of nitriles is 1. The Labute approximate surface area is 164 Å². The van der Waals surface area contributed by atoms with Gasteiger partial charge in [0.05, 0.1) is 0 Å². The van der Waals surface area contributed by atoms with Gasteiger partial charge in [0.25, 0.3) is 5.91 Å². The van der Waals surface area contributed by atoms with Gasteiger partial charge >= 0.3 is 0 Å². The summed E-state index contributed by atoms with van der Waals surface area (Å²) in [5.41, 5.74) is 2.78. The van der Waals surface area contributed by atoms with Gasteiger partial charge in [-0.1, -0.05) is 35.9 Å². The number of amides is 1. The van der Waals surface area contributed by atoms with Gasteiger partial charge in [0.1, 0.15) is 11.6 Å². The molecule has 1 saturated heterocycles. The van der Waals surface area contributed by atoms with Crippen molar-refractivity contribution in [3.8, 4) is 6.07 Å². The molecule has 0 radical (unpaired) electrons. The van der Waals surface area contributed by atoms with Gasteiger partial charge < -0.3 is 15.1 Å². The second kappa shape index (κ2) is 8.61. The molecule has 0 bridgehead atoms. The third kappa shape index (κ3) is 4.81. The third-order valence-corrected chi connectivity index (χ3v) is 4.95. The van der Waals surface area contributed by atoms with Crippen molar-refractivity contribution < 1.29 is 4.79 Å². The maximum Gasteiger partial charge on any atom is 0.267 e. The van der Waals surface area contributed by atoms with E-state index in [-0.39, 0.29) is 5.57 Å². The molecule has 138 valence electrons. The van der Waals surface area contributed by atoms with Gasteiger partial charge in [0.2, 0.25) is 0 Å². The highest BCUT2D eigenvalue weighted by Gasteiger charge is 2.17. The van der Waals surface area contributed by atoms with Crippen LogP contribution in [0.2, 0.25) is 5.02 Å². The minimum atomic E-state index is -0.428. The number of carbonyl (C=O) groups excluding carboxylic acids is 1. The summed E-state index contributed by atoms with van der Waals surface area (Å²) in [6.45, 7) is 5.08. The number of anilines is 2. The molecular formula is C21H21ClN4O. The van der Waals surface area contributed by atoms with Crippen LogP contribution in [-0.4, -0.2) is 37.0 Å². The highest BCUT2D eigenvalue weighted by Crippen LogP contribution is 2.21. The number of nitrogens with one attached hydrogen (secondary N) is 1. The van der Waals surface area contributed by atoms with Crippen LogP contribution in [0, 0.1) is 18.3 Å². The van der Waals surface area contributed by atoms with Crippen LogP contribution in [-0.2, 0) is 4.79 Å². The van der Waals surface area contributed by atoms with E-state index in [9.17, 15) is 10.1 Å². The van der Waals surface area contributed by atoms with Crippen molar-refractivity contribution in [2.24, 2.45) is 0 Å². The quantitative estimate of drug-likeness (QED) is 0.647. The molecule has 0 unspecified atom stereocenters. The molecule has 1 aliphatic heterocycles. The Bertz CT molecular complexity index is 881. The molecule has 1 N–H and O–H groups in total. The Morgan fingerprint density at radius 3 is 2.48 bits per heavy atom. The third-order valence-electron chi connectivity index (χ3n) is 4.54. The molecule has 1 heterocycles. The fourth-order valence-electron chi connectivity index (χ4n) is 2.94. The average molecular weight is 381 g/mol. The van der Waals surface area contributed by atoms with Crippen LogP contribution in [0.25, 0.3) is 0 Å². The zero-order chi connectivity index (χ0) is 19.2. The van der Waals surface area contributed by atoms with E-state index in [0.717, 1.165) is 31.7 Å². The van der Waals surface area contributed by atoms with E-state index in [1.807, 2.05) is 42.2 Å². The predicted molar refractivity (Wildman–Crippen MR) is 109 cm³/mol. The van der Waals surface area contributed by atoms with Crippen molar-refractivity contribution in [1.82, 2.24) is 4.90 Å². The summed E-state index contributed by atoms with van der Waals surface area (Å²) in [7, 11) is 0. The van der Waals surface area contributed by atoms with Crippen LogP contribution in [0.1, 0.15) is 5.56 Å². The zero-order valence-corrected chi connectivity index (χ0v) is 15.9. The lowest BCUT2D eigenvalue weighted by molar-refractivity contribution is -0.112. The number of hydrogen-bond donors (Lipinski definition) is 1. The largest absolute Gasteiger partial charge is 0.373 e. The summed E-state index contributed by atoms with van der Waals surface area (Å²) >= 11 is 6.09. The monoisotopic (exact) mass is 380 g/mol. The minimum absolute atomic E-state index is 0.0832. The lowest BCUT2D eigenvalue weighted by atomic mass is 10.2. The molecule has 1 aliphatic rings. The van der Waals surface area contributed by atoms with Gasteiger partial charge in [-0.15, -0.1) is 0 Å². The Kier molecular flexibility index (Phi) is 6.00. The summed E-state index contributed by atoms with van der Waals surface area (Å²) in [5.74, 6) is -0.428. The molecule has 5 nitrogen and oxygen atoms in total. The molecule has 0 spiro atoms. The van der Waals surface area contributed by atoms with Crippen molar-refractivity contribution in [2.75, 3.05) is 36.4 Å². The first-order chi connectivity index (χ1) is 13.1. The van der Waals surface area contributed by atoms with Crippen molar-refractivity contribution in [3.05, 3.63) is 70.9 Å². The summed E-state index contributed by atoms with van der Waals surface area (Å²) in [5, 5.41) is 12.7. The molecule has 2 aromatic rings.